The van der Waals surface area contributed by atoms with Crippen molar-refractivity contribution in [2.45, 2.75) is 58.7 Å². The lowest BCUT2D eigenvalue weighted by Crippen LogP contribution is -2.45. The number of hydrogen-bond donors (Lipinski definition) is 1. The Balaban J connectivity index is 1.59. The van der Waals surface area contributed by atoms with Crippen LogP contribution in [0.3, 0.4) is 0 Å². The molecule has 2 amide bonds. The number of urea groups is 1. The monoisotopic (exact) mass is 340 g/mol. The number of hydrogen-bond acceptors (Lipinski definition) is 2. The quantitative estimate of drug-likeness (QED) is 0.926. The third-order valence-electron chi connectivity index (χ3n) is 4.89. The molecule has 0 radical (unpaired) electrons. The molecular weight excluding hydrogens is 312 g/mol. The van der Waals surface area contributed by atoms with Crippen LogP contribution in [0.2, 0.25) is 0 Å². The maximum absolute atomic E-state index is 12.5. The van der Waals surface area contributed by atoms with E-state index in [1.54, 1.807) is 4.90 Å². The molecule has 1 aliphatic rings. The molecule has 1 aromatic heterocycles. The van der Waals surface area contributed by atoms with Gasteiger partial charge in [-0.3, -0.25) is 4.68 Å². The van der Waals surface area contributed by atoms with E-state index in [0.717, 1.165) is 24.8 Å². The van der Waals surface area contributed by atoms with Crippen molar-refractivity contribution in [3.8, 4) is 0 Å². The van der Waals surface area contributed by atoms with E-state index in [0.29, 0.717) is 12.6 Å². The molecule has 5 heteroatoms. The number of carbonyl (C=O) groups excluding carboxylic acids is 1. The summed E-state index contributed by atoms with van der Waals surface area (Å²) in [4.78, 5) is 14.3. The number of carbonyl (C=O) groups is 1. The van der Waals surface area contributed by atoms with Crippen LogP contribution in [-0.4, -0.2) is 33.8 Å². The predicted octanol–water partition coefficient (Wildman–Crippen LogP) is 3.47. The van der Waals surface area contributed by atoms with Gasteiger partial charge in [0.05, 0.1) is 6.20 Å². The maximum Gasteiger partial charge on any atom is 0.317 e. The van der Waals surface area contributed by atoms with Gasteiger partial charge in [-0.15, -0.1) is 0 Å². The van der Waals surface area contributed by atoms with Gasteiger partial charge >= 0.3 is 6.03 Å². The van der Waals surface area contributed by atoms with Crippen molar-refractivity contribution in [2.24, 2.45) is 0 Å². The van der Waals surface area contributed by atoms with Crippen LogP contribution in [0.4, 0.5) is 4.79 Å². The van der Waals surface area contributed by atoms with Gasteiger partial charge in [0, 0.05) is 37.8 Å². The normalized spacial score (nSPS) is 16.6. The van der Waals surface area contributed by atoms with Crippen LogP contribution in [0.1, 0.15) is 48.7 Å². The smallest absolute Gasteiger partial charge is 0.317 e. The van der Waals surface area contributed by atoms with Crippen molar-refractivity contribution < 1.29 is 4.79 Å². The summed E-state index contributed by atoms with van der Waals surface area (Å²) >= 11 is 0. The Morgan fingerprint density at radius 1 is 1.36 bits per heavy atom. The van der Waals surface area contributed by atoms with Crippen LogP contribution in [0.25, 0.3) is 0 Å². The fourth-order valence-electron chi connectivity index (χ4n) is 3.41. The topological polar surface area (TPSA) is 50.2 Å². The summed E-state index contributed by atoms with van der Waals surface area (Å²) in [7, 11) is 1.85. The number of aryl methyl sites for hydroxylation is 2. The number of benzene rings is 1. The minimum absolute atomic E-state index is 0.00960. The van der Waals surface area contributed by atoms with Gasteiger partial charge in [0.2, 0.25) is 0 Å². The molecule has 134 valence electrons. The van der Waals surface area contributed by atoms with Gasteiger partial charge in [0.25, 0.3) is 0 Å². The van der Waals surface area contributed by atoms with E-state index in [4.69, 9.17) is 0 Å². The Kier molecular flexibility index (Phi) is 5.11. The number of rotatable bonds is 4. The van der Waals surface area contributed by atoms with Crippen LogP contribution in [0.5, 0.6) is 0 Å². The Hall–Kier alpha value is -2.30. The first-order chi connectivity index (χ1) is 11.9. The van der Waals surface area contributed by atoms with Crippen molar-refractivity contribution in [3.63, 3.8) is 0 Å². The molecule has 1 aliphatic carbocycles. The second kappa shape index (κ2) is 7.30. The molecule has 1 heterocycles. The summed E-state index contributed by atoms with van der Waals surface area (Å²) in [6, 6.07) is 8.83. The molecule has 5 nitrogen and oxygen atoms in total. The summed E-state index contributed by atoms with van der Waals surface area (Å²) < 4.78 is 2.09. The van der Waals surface area contributed by atoms with E-state index in [2.05, 4.69) is 60.1 Å². The second-order valence-electron chi connectivity index (χ2n) is 7.39. The summed E-state index contributed by atoms with van der Waals surface area (Å²) in [6.07, 6.45) is 4.80. The molecule has 0 unspecified atom stereocenters. The molecule has 25 heavy (non-hydrogen) atoms. The van der Waals surface area contributed by atoms with Crippen molar-refractivity contribution in [1.82, 2.24) is 20.0 Å². The average Bonchev–Trinajstić information content (AvgIpc) is 3.00. The molecule has 3 rings (SSSR count). The van der Waals surface area contributed by atoms with Gasteiger partial charge in [-0.05, 0) is 44.7 Å². The van der Waals surface area contributed by atoms with Crippen molar-refractivity contribution >= 4 is 6.03 Å². The Morgan fingerprint density at radius 3 is 2.76 bits per heavy atom. The molecule has 1 atom stereocenters. The fraction of sp³-hybridized carbons (Fsp3) is 0.500. The van der Waals surface area contributed by atoms with E-state index in [1.807, 2.05) is 13.2 Å². The van der Waals surface area contributed by atoms with Gasteiger partial charge in [0.1, 0.15) is 0 Å². The van der Waals surface area contributed by atoms with E-state index in [9.17, 15) is 4.79 Å². The number of nitrogens with zero attached hydrogens (tertiary/aromatic N) is 3. The first kappa shape index (κ1) is 17.5. The summed E-state index contributed by atoms with van der Waals surface area (Å²) in [5.41, 5.74) is 4.97. The first-order valence-electron chi connectivity index (χ1n) is 9.06. The number of amides is 2. The highest BCUT2D eigenvalue weighted by molar-refractivity contribution is 5.74. The highest BCUT2D eigenvalue weighted by Gasteiger charge is 2.25. The lowest BCUT2D eigenvalue weighted by molar-refractivity contribution is 0.201. The van der Waals surface area contributed by atoms with Crippen LogP contribution in [0, 0.1) is 6.92 Å². The number of aromatic nitrogens is 2. The van der Waals surface area contributed by atoms with Gasteiger partial charge < -0.3 is 10.2 Å². The van der Waals surface area contributed by atoms with Gasteiger partial charge in [-0.2, -0.15) is 5.10 Å². The van der Waals surface area contributed by atoms with Crippen molar-refractivity contribution in [2.75, 3.05) is 7.05 Å². The molecular formula is C20H28N4O. The zero-order chi connectivity index (χ0) is 18.0. The Morgan fingerprint density at radius 2 is 2.08 bits per heavy atom. The fourth-order valence-corrected chi connectivity index (χ4v) is 3.41. The summed E-state index contributed by atoms with van der Waals surface area (Å²) in [5.74, 6) is 0. The maximum atomic E-state index is 12.5. The van der Waals surface area contributed by atoms with Gasteiger partial charge in [0.15, 0.2) is 0 Å². The van der Waals surface area contributed by atoms with Crippen LogP contribution in [-0.2, 0) is 19.4 Å². The summed E-state index contributed by atoms with van der Waals surface area (Å²) in [5, 5.41) is 7.70. The SMILES string of the molecule is Cc1ccc(CN(C)C(=O)N[C@H]2CCc3cnn(C(C)C)c3C2)cc1. The second-order valence-corrected chi connectivity index (χ2v) is 7.39. The molecule has 1 N–H and O–H groups in total. The van der Waals surface area contributed by atoms with Crippen LogP contribution < -0.4 is 5.32 Å². The Bertz CT molecular complexity index is 733. The molecule has 0 spiro atoms. The standard InChI is InChI=1S/C20H28N4O/c1-14(2)24-19-11-18(10-9-17(19)12-21-24)22-20(25)23(4)13-16-7-5-15(3)6-8-16/h5-8,12,14,18H,9-11,13H2,1-4H3,(H,22,25)/t18-/m0/s1. The minimum atomic E-state index is -0.00960. The highest BCUT2D eigenvalue weighted by atomic mass is 16.2. The lowest BCUT2D eigenvalue weighted by atomic mass is 9.93. The molecule has 0 aliphatic heterocycles. The zero-order valence-electron chi connectivity index (χ0n) is 15.6. The molecule has 2 aromatic rings. The number of fused-ring (bicyclic) bond motifs is 1. The Labute approximate surface area is 150 Å². The van der Waals surface area contributed by atoms with E-state index < -0.39 is 0 Å². The molecule has 0 saturated heterocycles. The third kappa shape index (κ3) is 4.03. The lowest BCUT2D eigenvalue weighted by Gasteiger charge is -2.27. The van der Waals surface area contributed by atoms with Crippen LogP contribution >= 0.6 is 0 Å². The van der Waals surface area contributed by atoms with Crippen LogP contribution in [0.15, 0.2) is 30.5 Å². The zero-order valence-corrected chi connectivity index (χ0v) is 15.6. The molecule has 0 bridgehead atoms. The summed E-state index contributed by atoms with van der Waals surface area (Å²) in [6.45, 7) is 6.98. The van der Waals surface area contributed by atoms with Crippen molar-refractivity contribution in [3.05, 3.63) is 52.8 Å². The highest BCUT2D eigenvalue weighted by Crippen LogP contribution is 2.23. The van der Waals surface area contributed by atoms with Gasteiger partial charge in [-0.1, -0.05) is 29.8 Å². The van der Waals surface area contributed by atoms with Crippen molar-refractivity contribution in [1.29, 1.82) is 0 Å². The molecule has 1 aromatic carbocycles. The minimum Gasteiger partial charge on any atom is -0.335 e. The van der Waals surface area contributed by atoms with Gasteiger partial charge in [-0.25, -0.2) is 4.79 Å². The number of nitrogens with one attached hydrogen (secondary N) is 1. The molecule has 0 fully saturated rings. The molecule has 0 saturated carbocycles. The predicted molar refractivity (Wildman–Crippen MR) is 99.6 cm³/mol. The largest absolute Gasteiger partial charge is 0.335 e. The third-order valence-corrected chi connectivity index (χ3v) is 4.89. The van der Waals surface area contributed by atoms with E-state index in [-0.39, 0.29) is 12.1 Å². The first-order valence-corrected chi connectivity index (χ1v) is 9.06. The van der Waals surface area contributed by atoms with E-state index in [1.165, 1.54) is 16.8 Å². The van der Waals surface area contributed by atoms with E-state index >= 15 is 0 Å². The average molecular weight is 340 g/mol.